The van der Waals surface area contributed by atoms with E-state index in [9.17, 15) is 13.8 Å². The topological polar surface area (TPSA) is 87.7 Å². The number of urea groups is 1. The molecule has 7 nitrogen and oxygen atoms in total. The van der Waals surface area contributed by atoms with Gasteiger partial charge in [0.25, 0.3) is 0 Å². The van der Waals surface area contributed by atoms with Crippen LogP contribution in [0.5, 0.6) is 5.75 Å². The van der Waals surface area contributed by atoms with Crippen LogP contribution < -0.4 is 15.4 Å². The smallest absolute Gasteiger partial charge is 0.322 e. The van der Waals surface area contributed by atoms with Crippen LogP contribution in [-0.2, 0) is 22.0 Å². The molecule has 2 aliphatic rings. The van der Waals surface area contributed by atoms with Crippen molar-refractivity contribution >= 4 is 34.1 Å². The Labute approximate surface area is 136 Å². The first kappa shape index (κ1) is 15.8. The Hall–Kier alpha value is -2.09. The highest BCUT2D eigenvalue weighted by molar-refractivity contribution is 7.85. The number of fused-ring (bicyclic) bond motifs is 1. The molecule has 3 amide bonds. The van der Waals surface area contributed by atoms with Crippen molar-refractivity contribution in [1.82, 2.24) is 4.90 Å². The number of carbonyl (C=O) groups excluding carboxylic acids is 2. The van der Waals surface area contributed by atoms with E-state index in [4.69, 9.17) is 4.74 Å². The van der Waals surface area contributed by atoms with Gasteiger partial charge >= 0.3 is 6.03 Å². The first-order valence-corrected chi connectivity index (χ1v) is 8.97. The van der Waals surface area contributed by atoms with E-state index in [0.717, 1.165) is 5.56 Å². The maximum atomic E-state index is 12.3. The lowest BCUT2D eigenvalue weighted by Crippen LogP contribution is -2.44. The van der Waals surface area contributed by atoms with Gasteiger partial charge in [-0.1, -0.05) is 0 Å². The second-order valence-corrected chi connectivity index (χ2v) is 7.22. The van der Waals surface area contributed by atoms with E-state index in [1.54, 1.807) is 18.1 Å². The van der Waals surface area contributed by atoms with Gasteiger partial charge in [-0.15, -0.1) is 0 Å². The largest absolute Gasteiger partial charge is 0.495 e. The summed E-state index contributed by atoms with van der Waals surface area (Å²) < 4.78 is 16.7. The minimum absolute atomic E-state index is 0.0292. The number of aryl methyl sites for hydroxylation is 1. The summed E-state index contributed by atoms with van der Waals surface area (Å²) in [6, 6.07) is 3.32. The van der Waals surface area contributed by atoms with Gasteiger partial charge in [-0.05, 0) is 24.1 Å². The van der Waals surface area contributed by atoms with E-state index < -0.39 is 10.8 Å². The summed E-state index contributed by atoms with van der Waals surface area (Å²) in [4.78, 5) is 25.5. The van der Waals surface area contributed by atoms with Crippen LogP contribution in [-0.4, -0.2) is 52.8 Å². The molecule has 1 aromatic carbocycles. The first-order chi connectivity index (χ1) is 11.1. The zero-order valence-electron chi connectivity index (χ0n) is 12.9. The minimum atomic E-state index is -0.830. The molecule has 1 saturated heterocycles. The summed E-state index contributed by atoms with van der Waals surface area (Å²) in [7, 11) is 0.715. The van der Waals surface area contributed by atoms with Crippen molar-refractivity contribution in [1.29, 1.82) is 0 Å². The van der Waals surface area contributed by atoms with E-state index in [1.165, 1.54) is 0 Å². The maximum absolute atomic E-state index is 12.3. The van der Waals surface area contributed by atoms with Crippen LogP contribution in [0.3, 0.4) is 0 Å². The van der Waals surface area contributed by atoms with Gasteiger partial charge in [-0.25, -0.2) is 4.79 Å². The summed E-state index contributed by atoms with van der Waals surface area (Å²) in [6.07, 6.45) is 1.11. The molecule has 0 bridgehead atoms. The van der Waals surface area contributed by atoms with Crippen molar-refractivity contribution in [3.63, 3.8) is 0 Å². The van der Waals surface area contributed by atoms with Gasteiger partial charge in [0.2, 0.25) is 5.91 Å². The van der Waals surface area contributed by atoms with Crippen LogP contribution in [0.15, 0.2) is 12.1 Å². The van der Waals surface area contributed by atoms with Crippen molar-refractivity contribution in [3.8, 4) is 5.75 Å². The van der Waals surface area contributed by atoms with Gasteiger partial charge in [-0.3, -0.25) is 9.00 Å². The number of amides is 3. The van der Waals surface area contributed by atoms with Gasteiger partial charge in [0.05, 0.1) is 12.8 Å². The molecule has 23 heavy (non-hydrogen) atoms. The van der Waals surface area contributed by atoms with Crippen LogP contribution in [0, 0.1) is 0 Å². The lowest BCUT2D eigenvalue weighted by Gasteiger charge is -2.27. The van der Waals surface area contributed by atoms with Gasteiger partial charge in [0, 0.05) is 47.5 Å². The van der Waals surface area contributed by atoms with E-state index >= 15 is 0 Å². The highest BCUT2D eigenvalue weighted by Gasteiger charge is 2.23. The molecule has 0 radical (unpaired) electrons. The molecule has 0 saturated carbocycles. The van der Waals surface area contributed by atoms with E-state index in [0.29, 0.717) is 54.6 Å². The van der Waals surface area contributed by atoms with E-state index in [1.807, 2.05) is 6.07 Å². The second-order valence-electron chi connectivity index (χ2n) is 5.52. The fourth-order valence-corrected chi connectivity index (χ4v) is 3.76. The molecule has 0 aliphatic carbocycles. The zero-order valence-corrected chi connectivity index (χ0v) is 13.7. The molecule has 0 atom stereocenters. The number of hydrogen-bond acceptors (Lipinski definition) is 4. The van der Waals surface area contributed by atoms with Crippen LogP contribution in [0.25, 0.3) is 0 Å². The number of hydrogen-bond donors (Lipinski definition) is 2. The zero-order chi connectivity index (χ0) is 16.4. The predicted octanol–water partition coefficient (Wildman–Crippen LogP) is 1.18. The van der Waals surface area contributed by atoms with Gasteiger partial charge in [0.15, 0.2) is 0 Å². The summed E-state index contributed by atoms with van der Waals surface area (Å²) in [5.41, 5.74) is 2.22. The summed E-state index contributed by atoms with van der Waals surface area (Å²) >= 11 is 0. The Kier molecular flexibility index (Phi) is 4.51. The van der Waals surface area contributed by atoms with Crippen molar-refractivity contribution in [2.24, 2.45) is 0 Å². The summed E-state index contributed by atoms with van der Waals surface area (Å²) in [5, 5.41) is 5.63. The molecule has 1 fully saturated rings. The maximum Gasteiger partial charge on any atom is 0.322 e. The molecule has 3 rings (SSSR count). The third kappa shape index (κ3) is 3.47. The Bertz CT molecular complexity index is 667. The number of carbonyl (C=O) groups is 2. The fourth-order valence-electron chi connectivity index (χ4n) is 2.71. The number of benzene rings is 1. The number of anilines is 2. The van der Waals surface area contributed by atoms with Crippen LogP contribution in [0.2, 0.25) is 0 Å². The Morgan fingerprint density at radius 2 is 2.04 bits per heavy atom. The lowest BCUT2D eigenvalue weighted by atomic mass is 10.0. The molecule has 0 spiro atoms. The second kappa shape index (κ2) is 6.57. The monoisotopic (exact) mass is 337 g/mol. The molecule has 2 N–H and O–H groups in total. The molecule has 124 valence electrons. The number of ether oxygens (including phenoxy) is 1. The quantitative estimate of drug-likeness (QED) is 0.848. The third-order valence-corrected chi connectivity index (χ3v) is 5.30. The van der Waals surface area contributed by atoms with Crippen molar-refractivity contribution in [2.75, 3.05) is 42.3 Å². The normalized spacial score (nSPS) is 18.1. The lowest BCUT2D eigenvalue weighted by molar-refractivity contribution is -0.116. The number of rotatable bonds is 2. The van der Waals surface area contributed by atoms with Gasteiger partial charge in [-0.2, -0.15) is 0 Å². The Morgan fingerprint density at radius 1 is 1.30 bits per heavy atom. The average Bonchev–Trinajstić information content (AvgIpc) is 2.54. The molecule has 8 heteroatoms. The number of nitrogens with zero attached hydrogens (tertiary/aromatic N) is 1. The Morgan fingerprint density at radius 3 is 2.74 bits per heavy atom. The fraction of sp³-hybridized carbons (Fsp3) is 0.467. The summed E-state index contributed by atoms with van der Waals surface area (Å²) in [5.74, 6) is 1.54. The third-order valence-electron chi connectivity index (χ3n) is 4.03. The van der Waals surface area contributed by atoms with Gasteiger partial charge in [0.1, 0.15) is 5.75 Å². The van der Waals surface area contributed by atoms with Gasteiger partial charge < -0.3 is 20.3 Å². The molecular weight excluding hydrogens is 318 g/mol. The van der Waals surface area contributed by atoms with E-state index in [2.05, 4.69) is 10.6 Å². The predicted molar refractivity (Wildman–Crippen MR) is 88.4 cm³/mol. The minimum Gasteiger partial charge on any atom is -0.495 e. The van der Waals surface area contributed by atoms with E-state index in [-0.39, 0.29) is 11.9 Å². The van der Waals surface area contributed by atoms with Crippen LogP contribution in [0.1, 0.15) is 12.0 Å². The molecule has 0 aromatic heterocycles. The number of methoxy groups -OCH3 is 1. The van der Waals surface area contributed by atoms with Crippen molar-refractivity contribution in [3.05, 3.63) is 17.7 Å². The standard InChI is InChI=1S/C15H19N3O4S/c1-22-13-8-10-2-3-14(19)16-11(10)9-12(13)17-15(20)18-4-6-23(21)7-5-18/h8-9H,2-7H2,1H3,(H,16,19)(H,17,20). The van der Waals surface area contributed by atoms with Crippen LogP contribution in [0.4, 0.5) is 16.2 Å². The van der Waals surface area contributed by atoms with Crippen molar-refractivity contribution in [2.45, 2.75) is 12.8 Å². The SMILES string of the molecule is COc1cc2c(cc1NC(=O)N1CCS(=O)CC1)NC(=O)CC2. The molecule has 2 heterocycles. The molecular formula is C15H19N3O4S. The highest BCUT2D eigenvalue weighted by Crippen LogP contribution is 2.34. The highest BCUT2D eigenvalue weighted by atomic mass is 32.2. The first-order valence-electron chi connectivity index (χ1n) is 7.48. The van der Waals surface area contributed by atoms with Crippen LogP contribution >= 0.6 is 0 Å². The Balaban J connectivity index is 1.78. The molecule has 1 aromatic rings. The molecule has 2 aliphatic heterocycles. The summed E-state index contributed by atoms with van der Waals surface area (Å²) in [6.45, 7) is 0.949. The number of nitrogens with one attached hydrogen (secondary N) is 2. The molecule has 0 unspecified atom stereocenters. The van der Waals surface area contributed by atoms with Crippen molar-refractivity contribution < 1.29 is 18.5 Å². The average molecular weight is 337 g/mol.